The van der Waals surface area contributed by atoms with Crippen LogP contribution in [0.1, 0.15) is 33.6 Å². The minimum atomic E-state index is -0.239. The number of carbonyl (C=O) groups is 2. The van der Waals surface area contributed by atoms with E-state index in [1.807, 2.05) is 0 Å². The van der Waals surface area contributed by atoms with Crippen molar-refractivity contribution in [2.24, 2.45) is 0 Å². The van der Waals surface area contributed by atoms with Crippen LogP contribution in [-0.4, -0.2) is 30.5 Å². The molecular weight excluding hydrogens is 382 g/mol. The Labute approximate surface area is 175 Å². The van der Waals surface area contributed by atoms with Crippen LogP contribution in [0, 0.1) is 0 Å². The standard InChI is InChI=1S/C24H23NO5/c1-29-20-11-13-21(14-12-20)30-22-5-2-4-18(16-22)23(27)6-3-15-25-24(28)17-7-9-19(26)10-8-17/h2,4-5,7-14,16,26H,3,6,15H2,1H3,(H,25,28). The number of rotatable bonds is 9. The van der Waals surface area contributed by atoms with Gasteiger partial charge >= 0.3 is 0 Å². The van der Waals surface area contributed by atoms with Crippen molar-refractivity contribution in [3.05, 3.63) is 83.9 Å². The van der Waals surface area contributed by atoms with E-state index in [1.54, 1.807) is 67.8 Å². The third-order valence-corrected chi connectivity index (χ3v) is 4.45. The Kier molecular flexibility index (Phi) is 7.05. The molecule has 3 aromatic rings. The molecule has 0 bridgehead atoms. The first-order valence-corrected chi connectivity index (χ1v) is 9.57. The maximum atomic E-state index is 12.5. The fourth-order valence-corrected chi connectivity index (χ4v) is 2.82. The number of carbonyl (C=O) groups excluding carboxylic acids is 2. The second kappa shape index (κ2) is 10.1. The average Bonchev–Trinajstić information content (AvgIpc) is 2.77. The third-order valence-electron chi connectivity index (χ3n) is 4.45. The van der Waals surface area contributed by atoms with E-state index in [2.05, 4.69) is 5.32 Å². The molecule has 0 heterocycles. The number of phenols is 1. The molecule has 2 N–H and O–H groups in total. The topological polar surface area (TPSA) is 84.9 Å². The largest absolute Gasteiger partial charge is 0.508 e. The van der Waals surface area contributed by atoms with E-state index >= 15 is 0 Å². The van der Waals surface area contributed by atoms with E-state index < -0.39 is 0 Å². The molecule has 0 saturated heterocycles. The van der Waals surface area contributed by atoms with Gasteiger partial charge in [0.15, 0.2) is 5.78 Å². The van der Waals surface area contributed by atoms with Crippen LogP contribution < -0.4 is 14.8 Å². The highest BCUT2D eigenvalue weighted by Gasteiger charge is 2.09. The van der Waals surface area contributed by atoms with Crippen LogP contribution in [0.4, 0.5) is 0 Å². The van der Waals surface area contributed by atoms with Crippen molar-refractivity contribution in [2.45, 2.75) is 12.8 Å². The zero-order valence-corrected chi connectivity index (χ0v) is 16.6. The number of aromatic hydroxyl groups is 1. The van der Waals surface area contributed by atoms with E-state index in [4.69, 9.17) is 9.47 Å². The van der Waals surface area contributed by atoms with Gasteiger partial charge in [-0.3, -0.25) is 9.59 Å². The van der Waals surface area contributed by atoms with Crippen molar-refractivity contribution in [3.63, 3.8) is 0 Å². The second-order valence-electron chi connectivity index (χ2n) is 6.63. The Balaban J connectivity index is 1.48. The molecule has 0 aliphatic heterocycles. The SMILES string of the molecule is COc1ccc(Oc2cccc(C(=O)CCCNC(=O)c3ccc(O)cc3)c2)cc1. The number of ether oxygens (including phenoxy) is 2. The van der Waals surface area contributed by atoms with Gasteiger partial charge in [-0.15, -0.1) is 0 Å². The minimum absolute atomic E-state index is 0.0194. The predicted octanol–water partition coefficient (Wildman–Crippen LogP) is 4.59. The third kappa shape index (κ3) is 5.85. The molecule has 0 unspecified atom stereocenters. The van der Waals surface area contributed by atoms with E-state index in [1.165, 1.54) is 12.1 Å². The van der Waals surface area contributed by atoms with Gasteiger partial charge in [-0.2, -0.15) is 0 Å². The summed E-state index contributed by atoms with van der Waals surface area (Å²) >= 11 is 0. The van der Waals surface area contributed by atoms with Crippen LogP contribution in [0.3, 0.4) is 0 Å². The number of amides is 1. The zero-order chi connectivity index (χ0) is 21.3. The molecule has 3 rings (SSSR count). The first kappa shape index (κ1) is 20.9. The highest BCUT2D eigenvalue weighted by Crippen LogP contribution is 2.25. The van der Waals surface area contributed by atoms with Crippen LogP contribution in [0.5, 0.6) is 23.0 Å². The van der Waals surface area contributed by atoms with Crippen molar-refractivity contribution in [2.75, 3.05) is 13.7 Å². The fraction of sp³-hybridized carbons (Fsp3) is 0.167. The summed E-state index contributed by atoms with van der Waals surface area (Å²) in [7, 11) is 1.60. The number of nitrogens with one attached hydrogen (secondary N) is 1. The summed E-state index contributed by atoms with van der Waals surface area (Å²) in [5, 5.41) is 12.0. The number of ketones is 1. The van der Waals surface area contributed by atoms with Crippen molar-refractivity contribution < 1.29 is 24.2 Å². The van der Waals surface area contributed by atoms with Crippen LogP contribution in [0.2, 0.25) is 0 Å². The molecule has 0 atom stereocenters. The summed E-state index contributed by atoms with van der Waals surface area (Å²) in [6, 6.07) is 20.2. The van der Waals surface area contributed by atoms with Gasteiger partial charge in [0, 0.05) is 24.1 Å². The van der Waals surface area contributed by atoms with Gasteiger partial charge in [-0.1, -0.05) is 12.1 Å². The lowest BCUT2D eigenvalue weighted by molar-refractivity contribution is 0.0938. The maximum Gasteiger partial charge on any atom is 0.251 e. The summed E-state index contributed by atoms with van der Waals surface area (Å²) in [6.07, 6.45) is 0.827. The molecule has 0 aliphatic rings. The molecular formula is C24H23NO5. The number of phenolic OH excluding ortho intramolecular Hbond substituents is 1. The molecule has 30 heavy (non-hydrogen) atoms. The number of hydrogen-bond donors (Lipinski definition) is 2. The highest BCUT2D eigenvalue weighted by atomic mass is 16.5. The smallest absolute Gasteiger partial charge is 0.251 e. The van der Waals surface area contributed by atoms with Crippen LogP contribution in [0.15, 0.2) is 72.8 Å². The number of hydrogen-bond acceptors (Lipinski definition) is 5. The van der Waals surface area contributed by atoms with E-state index in [-0.39, 0.29) is 17.4 Å². The lowest BCUT2D eigenvalue weighted by atomic mass is 10.1. The molecule has 0 aromatic heterocycles. The van der Waals surface area contributed by atoms with E-state index in [0.717, 1.165) is 5.75 Å². The Bertz CT molecular complexity index is 997. The molecule has 0 spiro atoms. The highest BCUT2D eigenvalue weighted by molar-refractivity contribution is 5.96. The second-order valence-corrected chi connectivity index (χ2v) is 6.63. The Hall–Kier alpha value is -3.80. The van der Waals surface area contributed by atoms with Crippen molar-refractivity contribution in [1.29, 1.82) is 0 Å². The first-order chi connectivity index (χ1) is 14.5. The lowest BCUT2D eigenvalue weighted by Gasteiger charge is -2.08. The molecule has 6 nitrogen and oxygen atoms in total. The molecule has 0 saturated carbocycles. The molecule has 6 heteroatoms. The van der Waals surface area contributed by atoms with Gasteiger partial charge in [-0.05, 0) is 67.1 Å². The molecule has 3 aromatic carbocycles. The summed E-state index contributed by atoms with van der Waals surface area (Å²) in [5.41, 5.74) is 1.02. The van der Waals surface area contributed by atoms with Crippen molar-refractivity contribution >= 4 is 11.7 Å². The number of methoxy groups -OCH3 is 1. The summed E-state index contributed by atoms with van der Waals surface area (Å²) < 4.78 is 10.9. The van der Waals surface area contributed by atoms with Crippen molar-refractivity contribution in [1.82, 2.24) is 5.32 Å². The number of benzene rings is 3. The lowest BCUT2D eigenvalue weighted by Crippen LogP contribution is -2.24. The number of Topliss-reactive ketones (excluding diaryl/α,β-unsaturated/α-hetero) is 1. The van der Waals surface area contributed by atoms with Gasteiger partial charge in [0.05, 0.1) is 7.11 Å². The van der Waals surface area contributed by atoms with Crippen molar-refractivity contribution in [3.8, 4) is 23.0 Å². The quantitative estimate of drug-likeness (QED) is 0.402. The van der Waals surface area contributed by atoms with Gasteiger partial charge in [0.25, 0.3) is 5.91 Å². The molecule has 1 amide bonds. The van der Waals surface area contributed by atoms with Crippen LogP contribution in [0.25, 0.3) is 0 Å². The van der Waals surface area contributed by atoms with E-state index in [0.29, 0.717) is 42.0 Å². The summed E-state index contributed by atoms with van der Waals surface area (Å²) in [5.74, 6) is 1.81. The Morgan fingerprint density at radius 2 is 1.57 bits per heavy atom. The van der Waals surface area contributed by atoms with Crippen LogP contribution >= 0.6 is 0 Å². The maximum absolute atomic E-state index is 12.5. The fourth-order valence-electron chi connectivity index (χ4n) is 2.82. The van der Waals surface area contributed by atoms with Gasteiger partial charge in [0.2, 0.25) is 0 Å². The normalized spacial score (nSPS) is 10.3. The van der Waals surface area contributed by atoms with Gasteiger partial charge < -0.3 is 19.9 Å². The van der Waals surface area contributed by atoms with E-state index in [9.17, 15) is 14.7 Å². The van der Waals surface area contributed by atoms with Gasteiger partial charge in [-0.25, -0.2) is 0 Å². The zero-order valence-electron chi connectivity index (χ0n) is 16.6. The molecule has 0 fully saturated rings. The molecule has 0 aliphatic carbocycles. The molecule has 154 valence electrons. The summed E-state index contributed by atoms with van der Waals surface area (Å²) in [6.45, 7) is 0.382. The molecule has 0 radical (unpaired) electrons. The Morgan fingerprint density at radius 1 is 0.867 bits per heavy atom. The average molecular weight is 405 g/mol. The summed E-state index contributed by atoms with van der Waals surface area (Å²) in [4.78, 5) is 24.5. The first-order valence-electron chi connectivity index (χ1n) is 9.57. The predicted molar refractivity (Wildman–Crippen MR) is 114 cm³/mol. The van der Waals surface area contributed by atoms with Gasteiger partial charge in [0.1, 0.15) is 23.0 Å². The Morgan fingerprint density at radius 3 is 2.27 bits per heavy atom. The van der Waals surface area contributed by atoms with Crippen LogP contribution in [-0.2, 0) is 0 Å². The minimum Gasteiger partial charge on any atom is -0.508 e. The monoisotopic (exact) mass is 405 g/mol.